The van der Waals surface area contributed by atoms with Crippen LogP contribution in [0.1, 0.15) is 25.9 Å². The predicted molar refractivity (Wildman–Crippen MR) is 91.4 cm³/mol. The Labute approximate surface area is 139 Å². The number of nitrogens with zero attached hydrogens (tertiary/aromatic N) is 3. The molecular formula is C17H18N4OS. The molecule has 0 saturated carbocycles. The molecule has 0 bridgehead atoms. The summed E-state index contributed by atoms with van der Waals surface area (Å²) in [6.45, 7) is 4.27. The Kier molecular flexibility index (Phi) is 4.25. The summed E-state index contributed by atoms with van der Waals surface area (Å²) >= 11 is 1.43. The highest BCUT2D eigenvalue weighted by atomic mass is 32.1. The summed E-state index contributed by atoms with van der Waals surface area (Å²) in [4.78, 5) is 17.2. The first-order chi connectivity index (χ1) is 11.0. The van der Waals surface area contributed by atoms with E-state index in [0.29, 0.717) is 11.4 Å². The monoisotopic (exact) mass is 326 g/mol. The second-order valence-corrected chi connectivity index (χ2v) is 6.57. The Bertz CT molecular complexity index is 833. The van der Waals surface area contributed by atoms with Crippen LogP contribution in [0.15, 0.2) is 36.5 Å². The van der Waals surface area contributed by atoms with E-state index >= 15 is 0 Å². The second kappa shape index (κ2) is 6.34. The van der Waals surface area contributed by atoms with Crippen molar-refractivity contribution in [3.8, 4) is 11.3 Å². The van der Waals surface area contributed by atoms with Crippen molar-refractivity contribution in [2.45, 2.75) is 20.4 Å². The number of nitrogens with one attached hydrogen (secondary N) is 1. The summed E-state index contributed by atoms with van der Waals surface area (Å²) in [5.74, 6) is -0.0659. The Balaban J connectivity index is 1.66. The minimum Gasteiger partial charge on any atom is -0.347 e. The Morgan fingerprint density at radius 2 is 1.96 bits per heavy atom. The minimum absolute atomic E-state index is 0.0659. The van der Waals surface area contributed by atoms with Gasteiger partial charge in [0, 0.05) is 19.8 Å². The molecule has 2 aromatic heterocycles. The van der Waals surface area contributed by atoms with Gasteiger partial charge in [0.2, 0.25) is 0 Å². The number of carbonyl (C=O) groups is 1. The van der Waals surface area contributed by atoms with Crippen molar-refractivity contribution in [1.82, 2.24) is 20.1 Å². The smallest absolute Gasteiger partial charge is 0.263 e. The van der Waals surface area contributed by atoms with Gasteiger partial charge in [0.15, 0.2) is 0 Å². The highest BCUT2D eigenvalue weighted by molar-refractivity contribution is 7.13. The van der Waals surface area contributed by atoms with E-state index < -0.39 is 0 Å². The normalized spacial score (nSPS) is 10.7. The van der Waals surface area contributed by atoms with Gasteiger partial charge in [-0.2, -0.15) is 5.10 Å². The topological polar surface area (TPSA) is 59.8 Å². The van der Waals surface area contributed by atoms with Crippen LogP contribution in [0.4, 0.5) is 0 Å². The lowest BCUT2D eigenvalue weighted by Gasteiger charge is -2.06. The van der Waals surface area contributed by atoms with Gasteiger partial charge in [-0.25, -0.2) is 4.98 Å². The van der Waals surface area contributed by atoms with Crippen molar-refractivity contribution >= 4 is 17.2 Å². The second-order valence-electron chi connectivity index (χ2n) is 5.37. The van der Waals surface area contributed by atoms with E-state index in [4.69, 9.17) is 0 Å². The van der Waals surface area contributed by atoms with Gasteiger partial charge in [0.05, 0.1) is 16.4 Å². The third-order valence-electron chi connectivity index (χ3n) is 3.63. The average molecular weight is 326 g/mol. The Morgan fingerprint density at radius 1 is 1.22 bits per heavy atom. The average Bonchev–Trinajstić information content (AvgIpc) is 3.10. The van der Waals surface area contributed by atoms with Crippen molar-refractivity contribution in [3.05, 3.63) is 57.7 Å². The van der Waals surface area contributed by atoms with Gasteiger partial charge in [0.25, 0.3) is 5.91 Å². The van der Waals surface area contributed by atoms with E-state index in [1.165, 1.54) is 11.3 Å². The molecule has 3 rings (SSSR count). The number of hydrogen-bond donors (Lipinski definition) is 1. The van der Waals surface area contributed by atoms with Crippen molar-refractivity contribution in [3.63, 3.8) is 0 Å². The van der Waals surface area contributed by atoms with Crippen LogP contribution in [0, 0.1) is 13.8 Å². The molecule has 0 radical (unpaired) electrons. The van der Waals surface area contributed by atoms with Gasteiger partial charge in [-0.1, -0.05) is 24.3 Å². The fraction of sp³-hybridized carbons (Fsp3) is 0.235. The van der Waals surface area contributed by atoms with E-state index in [9.17, 15) is 4.79 Å². The van der Waals surface area contributed by atoms with Crippen molar-refractivity contribution < 1.29 is 4.79 Å². The number of thiazole rings is 1. The van der Waals surface area contributed by atoms with E-state index in [0.717, 1.165) is 27.5 Å². The third kappa shape index (κ3) is 3.32. The van der Waals surface area contributed by atoms with Crippen molar-refractivity contribution in [1.29, 1.82) is 0 Å². The lowest BCUT2D eigenvalue weighted by atomic mass is 10.1. The molecule has 5 nitrogen and oxygen atoms in total. The zero-order valence-electron chi connectivity index (χ0n) is 13.3. The number of aryl methyl sites for hydroxylation is 3. The molecule has 0 atom stereocenters. The van der Waals surface area contributed by atoms with Crippen molar-refractivity contribution in [2.24, 2.45) is 7.05 Å². The number of carbonyl (C=O) groups excluding carboxylic acids is 1. The first-order valence-electron chi connectivity index (χ1n) is 7.34. The van der Waals surface area contributed by atoms with Gasteiger partial charge in [0.1, 0.15) is 4.88 Å². The number of aromatic nitrogens is 3. The maximum Gasteiger partial charge on any atom is 0.263 e. The molecule has 0 aliphatic rings. The van der Waals surface area contributed by atoms with Gasteiger partial charge in [-0.05, 0) is 31.0 Å². The molecule has 23 heavy (non-hydrogen) atoms. The molecule has 6 heteroatoms. The molecule has 0 unspecified atom stereocenters. The fourth-order valence-electron chi connectivity index (χ4n) is 2.46. The largest absolute Gasteiger partial charge is 0.347 e. The summed E-state index contributed by atoms with van der Waals surface area (Å²) in [5, 5.41) is 8.03. The summed E-state index contributed by atoms with van der Waals surface area (Å²) < 4.78 is 1.84. The van der Waals surface area contributed by atoms with E-state index in [2.05, 4.69) is 15.4 Å². The molecule has 1 N–H and O–H groups in total. The van der Waals surface area contributed by atoms with Crippen LogP contribution in [0.2, 0.25) is 0 Å². The van der Waals surface area contributed by atoms with Crippen LogP contribution in [-0.2, 0) is 13.6 Å². The Hall–Kier alpha value is -2.47. The highest BCUT2D eigenvalue weighted by Gasteiger charge is 2.13. The summed E-state index contributed by atoms with van der Waals surface area (Å²) in [6.07, 6.45) is 1.78. The zero-order chi connectivity index (χ0) is 16.4. The molecular weight excluding hydrogens is 308 g/mol. The molecule has 0 saturated heterocycles. The van der Waals surface area contributed by atoms with E-state index in [-0.39, 0.29) is 5.91 Å². The molecule has 3 aromatic rings. The van der Waals surface area contributed by atoms with Gasteiger partial charge >= 0.3 is 0 Å². The molecule has 0 spiro atoms. The molecule has 2 heterocycles. The number of benzene rings is 1. The maximum absolute atomic E-state index is 12.2. The molecule has 0 aliphatic heterocycles. The first kappa shape index (κ1) is 15.4. The van der Waals surface area contributed by atoms with Crippen LogP contribution in [0.3, 0.4) is 0 Å². The minimum atomic E-state index is -0.0659. The number of hydrogen-bond acceptors (Lipinski definition) is 4. The predicted octanol–water partition coefficient (Wildman–Crippen LogP) is 3.09. The lowest BCUT2D eigenvalue weighted by Crippen LogP contribution is -2.22. The molecule has 118 valence electrons. The highest BCUT2D eigenvalue weighted by Crippen LogP contribution is 2.19. The molecule has 0 aliphatic carbocycles. The first-order valence-corrected chi connectivity index (χ1v) is 8.16. The quantitative estimate of drug-likeness (QED) is 0.801. The van der Waals surface area contributed by atoms with Gasteiger partial charge < -0.3 is 5.32 Å². The SMILES string of the molecule is Cc1nc(C)c(C(=O)NCc2ccc(-c3ccnn3C)cc2)s1. The standard InChI is InChI=1S/C17H18N4OS/c1-11-16(23-12(2)20-11)17(22)18-10-13-4-6-14(7-5-13)15-8-9-19-21(15)3/h4-9H,10H2,1-3H3,(H,18,22). The fourth-order valence-corrected chi connectivity index (χ4v) is 3.29. The maximum atomic E-state index is 12.2. The van der Waals surface area contributed by atoms with E-state index in [1.807, 2.05) is 55.9 Å². The molecule has 1 aromatic carbocycles. The van der Waals surface area contributed by atoms with Crippen LogP contribution in [0.5, 0.6) is 0 Å². The van der Waals surface area contributed by atoms with Gasteiger partial charge in [-0.3, -0.25) is 9.48 Å². The zero-order valence-corrected chi connectivity index (χ0v) is 14.1. The number of rotatable bonds is 4. The molecule has 1 amide bonds. The summed E-state index contributed by atoms with van der Waals surface area (Å²) in [6, 6.07) is 10.1. The van der Waals surface area contributed by atoms with Crippen LogP contribution in [-0.4, -0.2) is 20.7 Å². The molecule has 0 fully saturated rings. The third-order valence-corrected chi connectivity index (χ3v) is 4.71. The lowest BCUT2D eigenvalue weighted by molar-refractivity contribution is 0.0954. The van der Waals surface area contributed by atoms with Crippen molar-refractivity contribution in [2.75, 3.05) is 0 Å². The summed E-state index contributed by atoms with van der Waals surface area (Å²) in [5.41, 5.74) is 4.02. The van der Waals surface area contributed by atoms with Crippen LogP contribution >= 0.6 is 11.3 Å². The van der Waals surface area contributed by atoms with Crippen LogP contribution in [0.25, 0.3) is 11.3 Å². The summed E-state index contributed by atoms with van der Waals surface area (Å²) in [7, 11) is 1.92. The van der Waals surface area contributed by atoms with Gasteiger partial charge in [-0.15, -0.1) is 11.3 Å². The Morgan fingerprint density at radius 3 is 2.52 bits per heavy atom. The number of amides is 1. The van der Waals surface area contributed by atoms with E-state index in [1.54, 1.807) is 6.20 Å². The van der Waals surface area contributed by atoms with Crippen LogP contribution < -0.4 is 5.32 Å².